The van der Waals surface area contributed by atoms with Crippen LogP contribution in [0.25, 0.3) is 22.4 Å². The molecule has 2 aromatic carbocycles. The van der Waals surface area contributed by atoms with Crippen molar-refractivity contribution >= 4 is 40.2 Å². The Morgan fingerprint density at radius 3 is 2.24 bits per heavy atom. The summed E-state index contributed by atoms with van der Waals surface area (Å²) in [5.41, 5.74) is 3.62. The lowest BCUT2D eigenvalue weighted by atomic mass is 10.1. The normalized spacial score (nSPS) is 17.5. The lowest BCUT2D eigenvalue weighted by Crippen LogP contribution is -2.52. The second kappa shape index (κ2) is 13.9. The molecule has 242 valence electrons. The Morgan fingerprint density at radius 1 is 0.913 bits per heavy atom. The number of benzene rings is 2. The number of ether oxygens (including phenoxy) is 1. The van der Waals surface area contributed by atoms with Crippen molar-refractivity contribution in [1.29, 1.82) is 0 Å². The Bertz CT molecular complexity index is 1660. The monoisotopic (exact) mass is 625 g/mol. The van der Waals surface area contributed by atoms with Gasteiger partial charge in [-0.15, -0.1) is 0 Å². The van der Waals surface area contributed by atoms with Crippen molar-refractivity contribution in [2.45, 2.75) is 19.5 Å². The van der Waals surface area contributed by atoms with Gasteiger partial charge in [0.15, 0.2) is 5.82 Å². The highest BCUT2D eigenvalue weighted by atomic mass is 16.5. The van der Waals surface area contributed by atoms with Gasteiger partial charge in [-0.2, -0.15) is 0 Å². The molecular formula is C34H43N9O3. The molecule has 2 aliphatic rings. The summed E-state index contributed by atoms with van der Waals surface area (Å²) in [6.07, 6.45) is 2.08. The number of morpholine rings is 1. The molecule has 0 radical (unpaired) electrons. The van der Waals surface area contributed by atoms with Gasteiger partial charge < -0.3 is 39.5 Å². The fourth-order valence-corrected chi connectivity index (χ4v) is 5.79. The molecule has 46 heavy (non-hydrogen) atoms. The molecule has 2 aliphatic heterocycles. The molecule has 3 amide bonds. The number of amides is 3. The number of anilines is 3. The number of nitrogens with one attached hydrogen (secondary N) is 2. The third kappa shape index (κ3) is 7.14. The summed E-state index contributed by atoms with van der Waals surface area (Å²) in [4.78, 5) is 44.3. The van der Waals surface area contributed by atoms with E-state index in [0.717, 1.165) is 55.1 Å². The number of urea groups is 1. The Morgan fingerprint density at radius 2 is 1.59 bits per heavy atom. The summed E-state index contributed by atoms with van der Waals surface area (Å²) in [6, 6.07) is 16.6. The van der Waals surface area contributed by atoms with E-state index < -0.39 is 0 Å². The van der Waals surface area contributed by atoms with E-state index in [0.29, 0.717) is 55.1 Å². The van der Waals surface area contributed by atoms with Gasteiger partial charge in [0, 0.05) is 80.6 Å². The van der Waals surface area contributed by atoms with Crippen LogP contribution in [0.2, 0.25) is 0 Å². The number of aromatic nitrogens is 3. The zero-order valence-corrected chi connectivity index (χ0v) is 27.1. The van der Waals surface area contributed by atoms with Crippen molar-refractivity contribution in [2.75, 3.05) is 89.2 Å². The van der Waals surface area contributed by atoms with E-state index in [2.05, 4.69) is 70.2 Å². The number of nitrogens with zero attached hydrogens (tertiary/aromatic N) is 7. The second-order valence-corrected chi connectivity index (χ2v) is 12.3. The standard InChI is InChI=1S/C34H43N9O3/c1-24-23-43(18-16-40(24)4)33(44)26-7-11-28(12-8-26)36-34(45)35-27-9-5-25(6-10-27)30-37-31-29(13-14-41(31)17-15-39(2)3)32(38-30)42-19-21-46-22-20-42/h5-14,24H,15-23H2,1-4H3,(H2,35,36,45)/t24-/m1/s1. The number of hydrogen-bond acceptors (Lipinski definition) is 8. The van der Waals surface area contributed by atoms with Gasteiger partial charge in [0.05, 0.1) is 18.6 Å². The van der Waals surface area contributed by atoms with Crippen LogP contribution in [0.15, 0.2) is 60.8 Å². The Hall–Kier alpha value is -4.52. The van der Waals surface area contributed by atoms with E-state index in [4.69, 9.17) is 14.7 Å². The first-order chi connectivity index (χ1) is 22.2. The van der Waals surface area contributed by atoms with Gasteiger partial charge in [0.2, 0.25) is 0 Å². The molecule has 6 rings (SSSR count). The lowest BCUT2D eigenvalue weighted by molar-refractivity contribution is 0.0572. The number of fused-ring (bicyclic) bond motifs is 1. The molecule has 0 saturated carbocycles. The quantitative estimate of drug-likeness (QED) is 0.303. The van der Waals surface area contributed by atoms with E-state index in [9.17, 15) is 9.59 Å². The van der Waals surface area contributed by atoms with Crippen LogP contribution >= 0.6 is 0 Å². The fourth-order valence-electron chi connectivity index (χ4n) is 5.79. The van der Waals surface area contributed by atoms with E-state index in [-0.39, 0.29) is 11.9 Å². The number of piperazine rings is 1. The highest BCUT2D eigenvalue weighted by Gasteiger charge is 2.25. The fraction of sp³-hybridized carbons (Fsp3) is 0.412. The maximum Gasteiger partial charge on any atom is 0.323 e. The first kappa shape index (κ1) is 31.5. The van der Waals surface area contributed by atoms with Crippen molar-refractivity contribution in [3.05, 3.63) is 66.4 Å². The van der Waals surface area contributed by atoms with Crippen LogP contribution in [-0.4, -0.2) is 121 Å². The average Bonchev–Trinajstić information content (AvgIpc) is 3.48. The van der Waals surface area contributed by atoms with Gasteiger partial charge in [0.1, 0.15) is 11.5 Å². The zero-order chi connectivity index (χ0) is 32.2. The Kier molecular flexibility index (Phi) is 9.48. The van der Waals surface area contributed by atoms with Crippen molar-refractivity contribution < 1.29 is 14.3 Å². The van der Waals surface area contributed by atoms with Gasteiger partial charge in [0.25, 0.3) is 5.91 Å². The van der Waals surface area contributed by atoms with Gasteiger partial charge in [-0.1, -0.05) is 0 Å². The highest BCUT2D eigenvalue weighted by Crippen LogP contribution is 2.30. The lowest BCUT2D eigenvalue weighted by Gasteiger charge is -2.37. The largest absolute Gasteiger partial charge is 0.378 e. The first-order valence-corrected chi connectivity index (χ1v) is 15.9. The molecule has 2 saturated heterocycles. The maximum absolute atomic E-state index is 13.0. The predicted molar refractivity (Wildman–Crippen MR) is 182 cm³/mol. The summed E-state index contributed by atoms with van der Waals surface area (Å²) in [5.74, 6) is 1.56. The van der Waals surface area contributed by atoms with E-state index in [1.54, 1.807) is 24.3 Å². The average molecular weight is 626 g/mol. The molecule has 4 heterocycles. The smallest absolute Gasteiger partial charge is 0.323 e. The number of hydrogen-bond donors (Lipinski definition) is 2. The third-order valence-corrected chi connectivity index (χ3v) is 8.73. The van der Waals surface area contributed by atoms with Gasteiger partial charge in [-0.25, -0.2) is 14.8 Å². The van der Waals surface area contributed by atoms with Crippen LogP contribution in [0.4, 0.5) is 22.0 Å². The molecule has 0 spiro atoms. The first-order valence-electron chi connectivity index (χ1n) is 15.9. The molecule has 2 aromatic heterocycles. The minimum absolute atomic E-state index is 0.0120. The Balaban J connectivity index is 1.13. The van der Waals surface area contributed by atoms with Crippen LogP contribution in [-0.2, 0) is 11.3 Å². The minimum Gasteiger partial charge on any atom is -0.378 e. The van der Waals surface area contributed by atoms with E-state index >= 15 is 0 Å². The Labute approximate surface area is 269 Å². The van der Waals surface area contributed by atoms with Gasteiger partial charge >= 0.3 is 6.03 Å². The van der Waals surface area contributed by atoms with Crippen LogP contribution < -0.4 is 15.5 Å². The maximum atomic E-state index is 13.0. The van der Waals surface area contributed by atoms with Crippen molar-refractivity contribution in [3.63, 3.8) is 0 Å². The molecule has 4 aromatic rings. The topological polar surface area (TPSA) is 111 Å². The molecule has 12 nitrogen and oxygen atoms in total. The number of rotatable bonds is 8. The predicted octanol–water partition coefficient (Wildman–Crippen LogP) is 3.92. The molecule has 1 atom stereocenters. The van der Waals surface area contributed by atoms with Crippen LogP contribution in [0.1, 0.15) is 17.3 Å². The summed E-state index contributed by atoms with van der Waals surface area (Å²) < 4.78 is 7.77. The molecule has 2 fully saturated rings. The van der Waals surface area contributed by atoms with Gasteiger partial charge in [-0.3, -0.25) is 4.79 Å². The SMILES string of the molecule is C[C@@H]1CN(C(=O)c2ccc(NC(=O)Nc3ccc(-c4nc(N5CCOCC5)c5ccn(CCN(C)C)c5n4)cc3)cc2)CCN1C. The highest BCUT2D eigenvalue weighted by molar-refractivity contribution is 6.00. The molecule has 12 heteroatoms. The summed E-state index contributed by atoms with van der Waals surface area (Å²) >= 11 is 0. The van der Waals surface area contributed by atoms with Crippen molar-refractivity contribution in [2.24, 2.45) is 0 Å². The van der Waals surface area contributed by atoms with E-state index in [1.807, 2.05) is 29.2 Å². The van der Waals surface area contributed by atoms with Crippen molar-refractivity contribution in [1.82, 2.24) is 29.2 Å². The number of carbonyl (C=O) groups excluding carboxylic acids is 2. The van der Waals surface area contributed by atoms with E-state index in [1.165, 1.54) is 0 Å². The molecule has 2 N–H and O–H groups in total. The number of carbonyl (C=O) groups is 2. The number of likely N-dealkylation sites (N-methyl/N-ethyl adjacent to an activating group) is 2. The summed E-state index contributed by atoms with van der Waals surface area (Å²) in [7, 11) is 6.21. The summed E-state index contributed by atoms with van der Waals surface area (Å²) in [5, 5.41) is 6.78. The van der Waals surface area contributed by atoms with Crippen LogP contribution in [0.3, 0.4) is 0 Å². The molecule has 0 unspecified atom stereocenters. The zero-order valence-electron chi connectivity index (χ0n) is 27.1. The molecule has 0 aliphatic carbocycles. The van der Waals surface area contributed by atoms with Gasteiger partial charge in [-0.05, 0) is 82.7 Å². The molecule has 0 bridgehead atoms. The summed E-state index contributed by atoms with van der Waals surface area (Å²) in [6.45, 7) is 9.01. The minimum atomic E-state index is -0.370. The van der Waals surface area contributed by atoms with Crippen LogP contribution in [0, 0.1) is 0 Å². The second-order valence-electron chi connectivity index (χ2n) is 12.3. The third-order valence-electron chi connectivity index (χ3n) is 8.73. The van der Waals surface area contributed by atoms with Crippen molar-refractivity contribution in [3.8, 4) is 11.4 Å². The molecular weight excluding hydrogens is 582 g/mol. The van der Waals surface area contributed by atoms with Crippen LogP contribution in [0.5, 0.6) is 0 Å².